The second kappa shape index (κ2) is 10.4. The number of para-hydroxylation sites is 1. The van der Waals surface area contributed by atoms with Gasteiger partial charge in [-0.2, -0.15) is 5.26 Å². The Bertz CT molecular complexity index is 831. The first kappa shape index (κ1) is 20.5. The Labute approximate surface area is 163 Å². The topological polar surface area (TPSA) is 86.4 Å². The van der Waals surface area contributed by atoms with E-state index < -0.39 is 0 Å². The predicted molar refractivity (Wildman–Crippen MR) is 108 cm³/mol. The minimum Gasteiger partial charge on any atom is -0.322 e. The molecule has 6 nitrogen and oxygen atoms in total. The van der Waals surface area contributed by atoms with E-state index >= 15 is 0 Å². The molecule has 0 aliphatic carbocycles. The van der Waals surface area contributed by atoms with Crippen LogP contribution in [0.2, 0.25) is 0 Å². The third-order valence-corrected chi connectivity index (χ3v) is 4.62. The fourth-order valence-corrected chi connectivity index (χ4v) is 3.11. The molecule has 0 aliphatic heterocycles. The van der Waals surface area contributed by atoms with Gasteiger partial charge in [0.15, 0.2) is 13.1 Å². The number of nitrogens with one attached hydrogen (secondary N) is 3. The first-order valence-corrected chi connectivity index (χ1v) is 9.74. The molecule has 2 amide bonds. The van der Waals surface area contributed by atoms with E-state index in [0.717, 1.165) is 21.0 Å². The summed E-state index contributed by atoms with van der Waals surface area (Å²) in [6.45, 7) is 0.370. The Kier molecular flexibility index (Phi) is 7.86. The zero-order valence-electron chi connectivity index (χ0n) is 15.4. The smallest absolute Gasteiger partial charge is 0.279 e. The van der Waals surface area contributed by atoms with Gasteiger partial charge in [-0.1, -0.05) is 24.3 Å². The van der Waals surface area contributed by atoms with Crippen LogP contribution >= 0.6 is 11.8 Å². The largest absolute Gasteiger partial charge is 0.322 e. The summed E-state index contributed by atoms with van der Waals surface area (Å²) in [6.07, 6.45) is 2.30. The average molecular weight is 383 g/mol. The highest BCUT2D eigenvalue weighted by atomic mass is 32.2. The Morgan fingerprint density at radius 1 is 1.04 bits per heavy atom. The lowest BCUT2D eigenvalue weighted by molar-refractivity contribution is -0.862. The number of nitrogens with zero attached hydrogens (tertiary/aromatic N) is 1. The van der Waals surface area contributed by atoms with Crippen LogP contribution in [0.4, 0.5) is 11.4 Å². The third-order valence-electron chi connectivity index (χ3n) is 3.83. The van der Waals surface area contributed by atoms with E-state index in [4.69, 9.17) is 5.26 Å². The van der Waals surface area contributed by atoms with Crippen LogP contribution in [0.3, 0.4) is 0 Å². The number of quaternary nitrogens is 1. The number of anilines is 2. The summed E-state index contributed by atoms with van der Waals surface area (Å²) in [5, 5.41) is 14.4. The van der Waals surface area contributed by atoms with Gasteiger partial charge in [-0.3, -0.25) is 9.59 Å². The first-order chi connectivity index (χ1) is 13.0. The monoisotopic (exact) mass is 383 g/mol. The van der Waals surface area contributed by atoms with Gasteiger partial charge in [0, 0.05) is 10.6 Å². The lowest BCUT2D eigenvalue weighted by atomic mass is 10.1. The van der Waals surface area contributed by atoms with E-state index in [1.54, 1.807) is 30.9 Å². The predicted octanol–water partition coefficient (Wildman–Crippen LogP) is 1.57. The summed E-state index contributed by atoms with van der Waals surface area (Å²) in [5.74, 6) is -0.305. The van der Waals surface area contributed by atoms with Gasteiger partial charge in [-0.25, -0.2) is 0 Å². The first-order valence-electron chi connectivity index (χ1n) is 8.51. The van der Waals surface area contributed by atoms with E-state index in [1.165, 1.54) is 0 Å². The highest BCUT2D eigenvalue weighted by molar-refractivity contribution is 7.98. The molecule has 0 aromatic heterocycles. The van der Waals surface area contributed by atoms with E-state index in [1.807, 2.05) is 42.7 Å². The minimum absolute atomic E-state index is 0.136. The molecule has 0 spiro atoms. The van der Waals surface area contributed by atoms with Gasteiger partial charge in [0.1, 0.15) is 0 Å². The molecule has 2 aromatic carbocycles. The Balaban J connectivity index is 1.82. The molecule has 2 rings (SSSR count). The fourth-order valence-electron chi connectivity index (χ4n) is 2.56. The van der Waals surface area contributed by atoms with Gasteiger partial charge in [0.25, 0.3) is 11.8 Å². The molecule has 3 N–H and O–H groups in total. The quantitative estimate of drug-likeness (QED) is 0.604. The van der Waals surface area contributed by atoms with Crippen LogP contribution in [0.5, 0.6) is 0 Å². The lowest BCUT2D eigenvalue weighted by Crippen LogP contribution is -3.11. The number of rotatable bonds is 8. The van der Waals surface area contributed by atoms with Crippen molar-refractivity contribution in [1.29, 1.82) is 5.26 Å². The van der Waals surface area contributed by atoms with E-state index in [-0.39, 0.29) is 24.9 Å². The Hall–Kier alpha value is -2.82. The fraction of sp³-hybridized carbons (Fsp3) is 0.250. The highest BCUT2D eigenvalue weighted by Crippen LogP contribution is 2.24. The number of likely N-dealkylation sites (N-methyl/N-ethyl adjacent to an activating group) is 1. The number of nitriles is 1. The minimum atomic E-state index is -0.169. The number of benzene rings is 2. The van der Waals surface area contributed by atoms with Gasteiger partial charge in [-0.05, 0) is 36.1 Å². The van der Waals surface area contributed by atoms with Gasteiger partial charge >= 0.3 is 0 Å². The number of carbonyl (C=O) groups excluding carboxylic acids is 2. The molecular weight excluding hydrogens is 360 g/mol. The van der Waals surface area contributed by atoms with Crippen molar-refractivity contribution in [3.8, 4) is 6.07 Å². The van der Waals surface area contributed by atoms with Crippen LogP contribution in [0.25, 0.3) is 0 Å². The molecule has 0 fully saturated rings. The van der Waals surface area contributed by atoms with Crippen LogP contribution in [0, 0.1) is 11.3 Å². The second-order valence-corrected chi connectivity index (χ2v) is 6.99. The maximum Gasteiger partial charge on any atom is 0.279 e. The van der Waals surface area contributed by atoms with E-state index in [9.17, 15) is 9.59 Å². The average Bonchev–Trinajstić information content (AvgIpc) is 2.63. The summed E-state index contributed by atoms with van der Waals surface area (Å²) in [4.78, 5) is 26.2. The molecule has 2 aromatic rings. The van der Waals surface area contributed by atoms with Crippen molar-refractivity contribution in [3.05, 3.63) is 54.1 Å². The molecule has 7 heteroatoms. The maximum absolute atomic E-state index is 12.2. The van der Waals surface area contributed by atoms with Crippen LogP contribution in [0.15, 0.2) is 53.4 Å². The normalized spacial score (nSPS) is 11.3. The van der Waals surface area contributed by atoms with Gasteiger partial charge in [-0.15, -0.1) is 11.8 Å². The SMILES string of the molecule is CSc1ccccc1NC(=O)C[NH+](C)CC(=O)Nc1ccc(CC#N)cc1. The van der Waals surface area contributed by atoms with E-state index in [2.05, 4.69) is 16.7 Å². The molecule has 1 atom stereocenters. The standard InChI is InChI=1S/C20H22N4O2S/c1-24(14-20(26)23-17-5-3-4-6-18(17)27-2)13-19(25)22-16-9-7-15(8-10-16)11-12-21/h3-10H,11,13-14H2,1-2H3,(H,22,25)(H,23,26)/p+1. The van der Waals surface area contributed by atoms with Crippen molar-refractivity contribution in [1.82, 2.24) is 0 Å². The molecule has 0 bridgehead atoms. The zero-order chi connectivity index (χ0) is 19.6. The van der Waals surface area contributed by atoms with Crippen molar-refractivity contribution in [3.63, 3.8) is 0 Å². The number of hydrogen-bond donors (Lipinski definition) is 3. The molecule has 0 heterocycles. The van der Waals surface area contributed by atoms with Crippen LogP contribution < -0.4 is 15.5 Å². The number of thioether (sulfide) groups is 1. The molecule has 0 saturated heterocycles. The molecular formula is C20H23N4O2S+. The second-order valence-electron chi connectivity index (χ2n) is 6.14. The summed E-state index contributed by atoms with van der Waals surface area (Å²) < 4.78 is 0. The molecule has 140 valence electrons. The van der Waals surface area contributed by atoms with Crippen LogP contribution in [0.1, 0.15) is 5.56 Å². The molecule has 0 saturated carbocycles. The summed E-state index contributed by atoms with van der Waals surface area (Å²) >= 11 is 1.57. The van der Waals surface area contributed by atoms with Crippen LogP contribution in [-0.2, 0) is 16.0 Å². The van der Waals surface area contributed by atoms with Crippen molar-refractivity contribution >= 4 is 35.0 Å². The van der Waals surface area contributed by atoms with Gasteiger partial charge < -0.3 is 15.5 Å². The zero-order valence-corrected chi connectivity index (χ0v) is 16.2. The third kappa shape index (κ3) is 6.77. The number of carbonyl (C=O) groups is 2. The van der Waals surface area contributed by atoms with E-state index in [0.29, 0.717) is 12.1 Å². The molecule has 0 aliphatic rings. The molecule has 27 heavy (non-hydrogen) atoms. The van der Waals surface area contributed by atoms with Crippen LogP contribution in [-0.4, -0.2) is 38.2 Å². The summed E-state index contributed by atoms with van der Waals surface area (Å²) in [7, 11) is 1.80. The maximum atomic E-state index is 12.2. The van der Waals surface area contributed by atoms with Crippen molar-refractivity contribution in [2.24, 2.45) is 0 Å². The number of hydrogen-bond acceptors (Lipinski definition) is 4. The summed E-state index contributed by atoms with van der Waals surface area (Å²) in [6, 6.07) is 16.9. The van der Waals surface area contributed by atoms with Gasteiger partial charge in [0.2, 0.25) is 0 Å². The highest BCUT2D eigenvalue weighted by Gasteiger charge is 2.15. The molecule has 1 unspecified atom stereocenters. The molecule has 0 radical (unpaired) electrons. The number of amides is 2. The lowest BCUT2D eigenvalue weighted by Gasteiger charge is -2.15. The summed E-state index contributed by atoms with van der Waals surface area (Å²) in [5.41, 5.74) is 2.36. The van der Waals surface area contributed by atoms with Gasteiger partial charge in [0.05, 0.1) is 25.2 Å². The van der Waals surface area contributed by atoms with Crippen molar-refractivity contribution < 1.29 is 14.5 Å². The van der Waals surface area contributed by atoms with Crippen molar-refractivity contribution in [2.75, 3.05) is 37.0 Å². The Morgan fingerprint density at radius 3 is 2.30 bits per heavy atom. The Morgan fingerprint density at radius 2 is 1.67 bits per heavy atom. The van der Waals surface area contributed by atoms with Crippen molar-refractivity contribution in [2.45, 2.75) is 11.3 Å².